The molecule has 4 N–H and O–H groups in total. The Morgan fingerprint density at radius 3 is 2.56 bits per heavy atom. The number of nitrogens with two attached hydrogens (primary N) is 1. The van der Waals surface area contributed by atoms with Crippen LogP contribution in [0.4, 0.5) is 17.3 Å². The number of hydrogen-bond donors (Lipinski definition) is 3. The van der Waals surface area contributed by atoms with Crippen molar-refractivity contribution in [2.75, 3.05) is 10.7 Å². The highest BCUT2D eigenvalue weighted by Crippen LogP contribution is 2.26. The highest BCUT2D eigenvalue weighted by Gasteiger charge is 2.04. The SMILES string of the molecule is Cc1ccc(Br)c(Nc2cc(NN)nc(C)n2)c1. The zero-order valence-electron chi connectivity index (χ0n) is 10.2. The summed E-state index contributed by atoms with van der Waals surface area (Å²) in [5, 5.41) is 3.24. The Hall–Kier alpha value is -1.66. The average Bonchev–Trinajstić information content (AvgIpc) is 2.33. The summed E-state index contributed by atoms with van der Waals surface area (Å²) in [4.78, 5) is 8.44. The standard InChI is InChI=1S/C12H14BrN5/c1-7-3-4-9(13)10(5-7)17-11-6-12(18-14)16-8(2)15-11/h3-6H,14H2,1-2H3,(H2,15,16,17,18). The van der Waals surface area contributed by atoms with Crippen molar-refractivity contribution in [1.29, 1.82) is 0 Å². The maximum absolute atomic E-state index is 5.36. The van der Waals surface area contributed by atoms with Crippen molar-refractivity contribution in [3.05, 3.63) is 40.1 Å². The molecule has 0 saturated carbocycles. The minimum Gasteiger partial charge on any atom is -0.339 e. The van der Waals surface area contributed by atoms with Crippen LogP contribution < -0.4 is 16.6 Å². The molecule has 1 aromatic carbocycles. The van der Waals surface area contributed by atoms with Gasteiger partial charge in [0.1, 0.15) is 17.5 Å². The zero-order chi connectivity index (χ0) is 13.1. The van der Waals surface area contributed by atoms with Gasteiger partial charge in [-0.1, -0.05) is 6.07 Å². The maximum Gasteiger partial charge on any atom is 0.145 e. The van der Waals surface area contributed by atoms with E-state index in [0.29, 0.717) is 17.5 Å². The van der Waals surface area contributed by atoms with Gasteiger partial charge in [0, 0.05) is 10.5 Å². The van der Waals surface area contributed by atoms with Gasteiger partial charge in [0.25, 0.3) is 0 Å². The van der Waals surface area contributed by atoms with E-state index in [4.69, 9.17) is 5.84 Å². The van der Waals surface area contributed by atoms with Crippen LogP contribution in [0.5, 0.6) is 0 Å². The number of nitrogens with zero attached hydrogens (tertiary/aromatic N) is 2. The topological polar surface area (TPSA) is 75.9 Å². The van der Waals surface area contributed by atoms with E-state index in [2.05, 4.69) is 36.6 Å². The van der Waals surface area contributed by atoms with Gasteiger partial charge in [-0.25, -0.2) is 15.8 Å². The van der Waals surface area contributed by atoms with E-state index >= 15 is 0 Å². The normalized spacial score (nSPS) is 10.2. The molecule has 0 radical (unpaired) electrons. The van der Waals surface area contributed by atoms with Crippen molar-refractivity contribution in [2.24, 2.45) is 5.84 Å². The number of aryl methyl sites for hydroxylation is 2. The monoisotopic (exact) mass is 307 g/mol. The Labute approximate surface area is 114 Å². The van der Waals surface area contributed by atoms with Crippen molar-refractivity contribution >= 4 is 33.3 Å². The Bertz CT molecular complexity index is 570. The van der Waals surface area contributed by atoms with Crippen LogP contribution in [0.3, 0.4) is 0 Å². The molecule has 0 aliphatic rings. The van der Waals surface area contributed by atoms with Gasteiger partial charge in [0.05, 0.1) is 5.69 Å². The molecule has 0 fully saturated rings. The number of aromatic nitrogens is 2. The van der Waals surface area contributed by atoms with Crippen molar-refractivity contribution in [3.63, 3.8) is 0 Å². The van der Waals surface area contributed by atoms with Gasteiger partial charge in [0.2, 0.25) is 0 Å². The Kier molecular flexibility index (Phi) is 3.78. The van der Waals surface area contributed by atoms with Gasteiger partial charge in [-0.15, -0.1) is 0 Å². The molecule has 0 aliphatic heterocycles. The van der Waals surface area contributed by atoms with Crippen molar-refractivity contribution in [1.82, 2.24) is 9.97 Å². The number of rotatable bonds is 3. The smallest absolute Gasteiger partial charge is 0.145 e. The van der Waals surface area contributed by atoms with E-state index in [9.17, 15) is 0 Å². The molecule has 0 amide bonds. The van der Waals surface area contributed by atoms with Crippen molar-refractivity contribution < 1.29 is 0 Å². The Morgan fingerprint density at radius 2 is 1.83 bits per heavy atom. The van der Waals surface area contributed by atoms with Crippen LogP contribution in [-0.2, 0) is 0 Å². The fraction of sp³-hybridized carbons (Fsp3) is 0.167. The first-order valence-electron chi connectivity index (χ1n) is 5.44. The summed E-state index contributed by atoms with van der Waals surface area (Å²) in [6.07, 6.45) is 0. The third-order valence-electron chi connectivity index (χ3n) is 2.37. The summed E-state index contributed by atoms with van der Waals surface area (Å²) in [5.41, 5.74) is 4.64. The third kappa shape index (κ3) is 2.96. The van der Waals surface area contributed by atoms with E-state index in [1.807, 2.05) is 32.0 Å². The molecule has 2 aromatic rings. The number of anilines is 3. The predicted molar refractivity (Wildman–Crippen MR) is 76.7 cm³/mol. The van der Waals surface area contributed by atoms with Crippen LogP contribution in [0.25, 0.3) is 0 Å². The molecule has 6 heteroatoms. The average molecular weight is 308 g/mol. The molecule has 1 aromatic heterocycles. The molecule has 2 rings (SSSR count). The fourth-order valence-electron chi connectivity index (χ4n) is 1.58. The second-order valence-corrected chi connectivity index (χ2v) is 4.79. The van der Waals surface area contributed by atoms with Gasteiger partial charge < -0.3 is 10.7 Å². The van der Waals surface area contributed by atoms with Crippen LogP contribution in [0.2, 0.25) is 0 Å². The van der Waals surface area contributed by atoms with Crippen LogP contribution in [-0.4, -0.2) is 9.97 Å². The quantitative estimate of drug-likeness (QED) is 0.600. The van der Waals surface area contributed by atoms with Crippen LogP contribution in [0, 0.1) is 13.8 Å². The zero-order valence-corrected chi connectivity index (χ0v) is 11.7. The van der Waals surface area contributed by atoms with Gasteiger partial charge in [-0.3, -0.25) is 0 Å². The highest BCUT2D eigenvalue weighted by molar-refractivity contribution is 9.10. The second-order valence-electron chi connectivity index (χ2n) is 3.94. The maximum atomic E-state index is 5.36. The molecule has 0 saturated heterocycles. The molecule has 0 bridgehead atoms. The van der Waals surface area contributed by atoms with Gasteiger partial charge in [-0.2, -0.15) is 0 Å². The van der Waals surface area contributed by atoms with Crippen LogP contribution in [0.1, 0.15) is 11.4 Å². The fourth-order valence-corrected chi connectivity index (χ4v) is 1.92. The molecule has 18 heavy (non-hydrogen) atoms. The number of nitrogens with one attached hydrogen (secondary N) is 2. The molecule has 0 aliphatic carbocycles. The minimum absolute atomic E-state index is 0.578. The lowest BCUT2D eigenvalue weighted by atomic mass is 10.2. The highest BCUT2D eigenvalue weighted by atomic mass is 79.9. The lowest BCUT2D eigenvalue weighted by Gasteiger charge is -2.10. The van der Waals surface area contributed by atoms with Crippen molar-refractivity contribution in [2.45, 2.75) is 13.8 Å². The first kappa shape index (κ1) is 12.8. The number of hydrogen-bond acceptors (Lipinski definition) is 5. The van der Waals surface area contributed by atoms with E-state index in [-0.39, 0.29) is 0 Å². The summed E-state index contributed by atoms with van der Waals surface area (Å²) in [6.45, 7) is 3.85. The summed E-state index contributed by atoms with van der Waals surface area (Å²) in [5.74, 6) is 7.28. The third-order valence-corrected chi connectivity index (χ3v) is 3.06. The predicted octanol–water partition coefficient (Wildman–Crippen LogP) is 2.89. The van der Waals surface area contributed by atoms with Gasteiger partial charge >= 0.3 is 0 Å². The molecule has 94 valence electrons. The summed E-state index contributed by atoms with van der Waals surface area (Å²) >= 11 is 3.50. The largest absolute Gasteiger partial charge is 0.339 e. The van der Waals surface area contributed by atoms with E-state index in [1.165, 1.54) is 5.56 Å². The first-order valence-corrected chi connectivity index (χ1v) is 6.23. The lowest BCUT2D eigenvalue weighted by molar-refractivity contribution is 1.05. The lowest BCUT2D eigenvalue weighted by Crippen LogP contribution is -2.10. The molecule has 0 unspecified atom stereocenters. The van der Waals surface area contributed by atoms with Gasteiger partial charge in [0.15, 0.2) is 0 Å². The van der Waals surface area contributed by atoms with Gasteiger partial charge in [-0.05, 0) is 47.5 Å². The summed E-state index contributed by atoms with van der Waals surface area (Å²) in [7, 11) is 0. The second kappa shape index (κ2) is 5.32. The first-order chi connectivity index (χ1) is 8.58. The summed E-state index contributed by atoms with van der Waals surface area (Å²) in [6, 6.07) is 7.82. The Balaban J connectivity index is 2.33. The Morgan fingerprint density at radius 1 is 1.11 bits per heavy atom. The van der Waals surface area contributed by atoms with E-state index in [0.717, 1.165) is 10.2 Å². The number of hydrazine groups is 1. The molecular weight excluding hydrogens is 294 g/mol. The molecule has 0 spiro atoms. The molecule has 5 nitrogen and oxygen atoms in total. The van der Waals surface area contributed by atoms with E-state index in [1.54, 1.807) is 6.07 Å². The number of benzene rings is 1. The number of nitrogen functional groups attached to an aromatic ring is 1. The van der Waals surface area contributed by atoms with Crippen LogP contribution in [0.15, 0.2) is 28.7 Å². The number of halogens is 1. The molecule has 0 atom stereocenters. The van der Waals surface area contributed by atoms with Crippen LogP contribution >= 0.6 is 15.9 Å². The summed E-state index contributed by atoms with van der Waals surface area (Å²) < 4.78 is 0.978. The van der Waals surface area contributed by atoms with E-state index < -0.39 is 0 Å². The molecular formula is C12H14BrN5. The minimum atomic E-state index is 0.578. The van der Waals surface area contributed by atoms with Crippen molar-refractivity contribution in [3.8, 4) is 0 Å². The molecule has 1 heterocycles.